The zero-order valence-corrected chi connectivity index (χ0v) is 14.9. The molecule has 4 rings (SSSR count). The van der Waals surface area contributed by atoms with E-state index < -0.39 is 11.9 Å². The highest BCUT2D eigenvalue weighted by Crippen LogP contribution is 2.25. The van der Waals surface area contributed by atoms with Crippen LogP contribution < -0.4 is 16.1 Å². The lowest BCUT2D eigenvalue weighted by molar-refractivity contribution is -0.119. The van der Waals surface area contributed by atoms with Crippen molar-refractivity contribution in [2.24, 2.45) is 10.8 Å². The highest BCUT2D eigenvalue weighted by molar-refractivity contribution is 6.44. The lowest BCUT2D eigenvalue weighted by Crippen LogP contribution is -2.39. The summed E-state index contributed by atoms with van der Waals surface area (Å²) in [5.74, 6) is -0.897. The van der Waals surface area contributed by atoms with E-state index in [1.54, 1.807) is 18.5 Å². The van der Waals surface area contributed by atoms with Gasteiger partial charge >= 0.3 is 0 Å². The number of nitrogens with two attached hydrogens (primary N) is 1. The third-order valence-corrected chi connectivity index (χ3v) is 4.47. The van der Waals surface area contributed by atoms with Gasteiger partial charge in [-0.3, -0.25) is 19.7 Å². The Morgan fingerprint density at radius 2 is 1.93 bits per heavy atom. The van der Waals surface area contributed by atoms with Crippen molar-refractivity contribution in [1.29, 1.82) is 0 Å². The largest absolute Gasteiger partial charge is 0.368 e. The van der Waals surface area contributed by atoms with Gasteiger partial charge in [0.25, 0.3) is 5.91 Å². The number of hydrazone groups is 1. The van der Waals surface area contributed by atoms with Crippen LogP contribution in [0.1, 0.15) is 6.42 Å². The van der Waals surface area contributed by atoms with Crippen molar-refractivity contribution < 1.29 is 9.59 Å². The minimum absolute atomic E-state index is 0.150. The Kier molecular flexibility index (Phi) is 4.59. The molecule has 0 fully saturated rings. The molecule has 8 heteroatoms. The van der Waals surface area contributed by atoms with Crippen molar-refractivity contribution in [1.82, 2.24) is 10.2 Å². The summed E-state index contributed by atoms with van der Waals surface area (Å²) in [5.41, 5.74) is 8.93. The average Bonchev–Trinajstić information content (AvgIpc) is 3.39. The van der Waals surface area contributed by atoms with Crippen LogP contribution >= 0.6 is 0 Å². The molecule has 0 saturated heterocycles. The molecule has 8 nitrogen and oxygen atoms in total. The Labute approximate surface area is 161 Å². The van der Waals surface area contributed by atoms with Gasteiger partial charge in [0, 0.05) is 23.9 Å². The van der Waals surface area contributed by atoms with Gasteiger partial charge in [-0.25, -0.2) is 0 Å². The molecule has 1 aromatic heterocycles. The first kappa shape index (κ1) is 17.5. The fourth-order valence-corrected chi connectivity index (χ4v) is 3.08. The van der Waals surface area contributed by atoms with Gasteiger partial charge in [0.05, 0.1) is 11.9 Å². The summed E-state index contributed by atoms with van der Waals surface area (Å²) in [5, 5.41) is 15.4. The number of carbonyl (C=O) groups excluding carboxylic acids is 2. The summed E-state index contributed by atoms with van der Waals surface area (Å²) < 4.78 is 0. The number of aromatic nitrogens is 2. The first-order chi connectivity index (χ1) is 13.6. The average molecular weight is 374 g/mol. The van der Waals surface area contributed by atoms with E-state index in [4.69, 9.17) is 5.73 Å². The Hall–Kier alpha value is -3.94. The van der Waals surface area contributed by atoms with Crippen LogP contribution in [0.3, 0.4) is 0 Å². The van der Waals surface area contributed by atoms with Crippen LogP contribution in [0.15, 0.2) is 72.1 Å². The number of amides is 2. The number of hydrogen-bond donors (Lipinski definition) is 3. The number of para-hydroxylation sites is 1. The second-order valence-corrected chi connectivity index (χ2v) is 6.37. The summed E-state index contributed by atoms with van der Waals surface area (Å²) in [6.45, 7) is 0. The van der Waals surface area contributed by atoms with Crippen molar-refractivity contribution >= 4 is 28.9 Å². The van der Waals surface area contributed by atoms with Crippen LogP contribution in [0.2, 0.25) is 0 Å². The monoisotopic (exact) mass is 374 g/mol. The molecule has 140 valence electrons. The lowest BCUT2D eigenvalue weighted by Gasteiger charge is -2.20. The molecule has 2 aromatic carbocycles. The highest BCUT2D eigenvalue weighted by Gasteiger charge is 2.34. The maximum absolute atomic E-state index is 12.7. The van der Waals surface area contributed by atoms with Crippen molar-refractivity contribution in [3.05, 3.63) is 67.0 Å². The van der Waals surface area contributed by atoms with E-state index in [0.717, 1.165) is 11.1 Å². The Morgan fingerprint density at radius 1 is 1.11 bits per heavy atom. The quantitative estimate of drug-likeness (QED) is 0.634. The molecule has 0 saturated carbocycles. The van der Waals surface area contributed by atoms with E-state index in [0.29, 0.717) is 11.4 Å². The molecule has 1 unspecified atom stereocenters. The molecule has 0 aliphatic carbocycles. The van der Waals surface area contributed by atoms with Gasteiger partial charge in [0.2, 0.25) is 5.91 Å². The van der Waals surface area contributed by atoms with Gasteiger partial charge in [-0.15, -0.1) is 0 Å². The summed E-state index contributed by atoms with van der Waals surface area (Å²) in [6.07, 6.45) is 3.63. The molecule has 2 amide bonds. The van der Waals surface area contributed by atoms with E-state index in [-0.39, 0.29) is 18.0 Å². The minimum atomic E-state index is -0.694. The molecule has 4 N–H and O–H groups in total. The molecule has 1 atom stereocenters. The van der Waals surface area contributed by atoms with Crippen molar-refractivity contribution in [2.45, 2.75) is 12.5 Å². The van der Waals surface area contributed by atoms with E-state index in [1.165, 1.54) is 5.01 Å². The van der Waals surface area contributed by atoms with Gasteiger partial charge in [-0.2, -0.15) is 10.2 Å². The predicted octanol–water partition coefficient (Wildman–Crippen LogP) is 2.14. The molecule has 0 spiro atoms. The molecule has 28 heavy (non-hydrogen) atoms. The maximum atomic E-state index is 12.7. The van der Waals surface area contributed by atoms with Gasteiger partial charge in [-0.1, -0.05) is 30.3 Å². The Morgan fingerprint density at radius 3 is 2.64 bits per heavy atom. The number of H-pyrrole nitrogens is 1. The number of anilines is 2. The number of benzene rings is 2. The number of hydrogen-bond acceptors (Lipinski definition) is 5. The molecule has 0 bridgehead atoms. The smallest absolute Gasteiger partial charge is 0.271 e. The highest BCUT2D eigenvalue weighted by atomic mass is 16.2. The van der Waals surface area contributed by atoms with Crippen molar-refractivity contribution in [3.8, 4) is 11.1 Å². The third-order valence-electron chi connectivity index (χ3n) is 4.47. The number of primary amides is 1. The number of nitrogens with zero attached hydrogens (tertiary/aromatic N) is 3. The fourth-order valence-electron chi connectivity index (χ4n) is 3.08. The van der Waals surface area contributed by atoms with Crippen molar-refractivity contribution in [3.63, 3.8) is 0 Å². The van der Waals surface area contributed by atoms with Crippen LogP contribution in [-0.2, 0) is 9.59 Å². The summed E-state index contributed by atoms with van der Waals surface area (Å²) >= 11 is 0. The van der Waals surface area contributed by atoms with Gasteiger partial charge in [-0.05, 0) is 29.8 Å². The van der Waals surface area contributed by atoms with E-state index in [1.807, 2.05) is 48.5 Å². The number of aromatic amines is 1. The normalized spacial score (nSPS) is 15.9. The van der Waals surface area contributed by atoms with Gasteiger partial charge in [0.15, 0.2) is 0 Å². The van der Waals surface area contributed by atoms with Crippen LogP contribution in [0.5, 0.6) is 0 Å². The van der Waals surface area contributed by atoms with Crippen molar-refractivity contribution in [2.75, 3.05) is 10.3 Å². The minimum Gasteiger partial charge on any atom is -0.368 e. The van der Waals surface area contributed by atoms with E-state index >= 15 is 0 Å². The first-order valence-corrected chi connectivity index (χ1v) is 8.73. The Bertz CT molecular complexity index is 1030. The zero-order chi connectivity index (χ0) is 19.5. The Balaban J connectivity index is 1.55. The van der Waals surface area contributed by atoms with Crippen LogP contribution in [0, 0.1) is 0 Å². The SMILES string of the molecule is NC(=O)C1CC(C(=O)Nc2cccc(-c3cn[nH]c3)c2)=NN1c1ccccc1. The van der Waals surface area contributed by atoms with Gasteiger partial charge < -0.3 is 11.1 Å². The van der Waals surface area contributed by atoms with Crippen LogP contribution in [0.25, 0.3) is 11.1 Å². The van der Waals surface area contributed by atoms with Crippen LogP contribution in [0.4, 0.5) is 11.4 Å². The molecule has 2 heterocycles. The summed E-state index contributed by atoms with van der Waals surface area (Å²) in [4.78, 5) is 24.6. The van der Waals surface area contributed by atoms with Crippen LogP contribution in [-0.4, -0.2) is 33.8 Å². The zero-order valence-electron chi connectivity index (χ0n) is 14.9. The molecule has 1 aliphatic rings. The fraction of sp³-hybridized carbons (Fsp3) is 0.100. The topological polar surface area (TPSA) is 116 Å². The number of nitrogens with one attached hydrogen (secondary N) is 2. The molecule has 3 aromatic rings. The predicted molar refractivity (Wildman–Crippen MR) is 107 cm³/mol. The maximum Gasteiger partial charge on any atom is 0.271 e. The number of carbonyl (C=O) groups is 2. The lowest BCUT2D eigenvalue weighted by atomic mass is 10.1. The third kappa shape index (κ3) is 3.48. The second kappa shape index (κ2) is 7.36. The summed E-state index contributed by atoms with van der Waals surface area (Å²) in [6, 6.07) is 15.9. The molecular weight excluding hydrogens is 356 g/mol. The molecular formula is C20H18N6O2. The number of rotatable bonds is 5. The summed E-state index contributed by atoms with van der Waals surface area (Å²) in [7, 11) is 0. The second-order valence-electron chi connectivity index (χ2n) is 6.37. The first-order valence-electron chi connectivity index (χ1n) is 8.73. The van der Waals surface area contributed by atoms with E-state index in [2.05, 4.69) is 20.6 Å². The van der Waals surface area contributed by atoms with Gasteiger partial charge in [0.1, 0.15) is 11.8 Å². The molecule has 0 radical (unpaired) electrons. The molecule has 1 aliphatic heterocycles. The standard InChI is InChI=1S/C20H18N6O2/c21-19(27)18-10-17(25-26(18)16-7-2-1-3-8-16)20(28)24-15-6-4-5-13(9-15)14-11-22-23-12-14/h1-9,11-12,18H,10H2,(H2,21,27)(H,22,23)(H,24,28). The van der Waals surface area contributed by atoms with E-state index in [9.17, 15) is 9.59 Å².